The highest BCUT2D eigenvalue weighted by atomic mass is 35.5. The summed E-state index contributed by atoms with van der Waals surface area (Å²) < 4.78 is 18.1. The molecule has 1 N–H and O–H groups in total. The van der Waals surface area contributed by atoms with Crippen LogP contribution in [0.2, 0.25) is 5.02 Å². The fourth-order valence-electron chi connectivity index (χ4n) is 3.91. The third-order valence-corrected chi connectivity index (χ3v) is 5.94. The molecule has 3 heterocycles. The van der Waals surface area contributed by atoms with Crippen molar-refractivity contribution in [3.05, 3.63) is 101 Å². The number of rotatable bonds is 8. The number of esters is 1. The van der Waals surface area contributed by atoms with Gasteiger partial charge in [0.15, 0.2) is 11.4 Å². The van der Waals surface area contributed by atoms with Gasteiger partial charge in [-0.15, -0.1) is 0 Å². The van der Waals surface area contributed by atoms with Crippen molar-refractivity contribution in [1.29, 1.82) is 0 Å². The Bertz CT molecular complexity index is 1640. The second-order valence-corrected chi connectivity index (χ2v) is 8.78. The Morgan fingerprint density at radius 3 is 2.79 bits per heavy atom. The highest BCUT2D eigenvalue weighted by molar-refractivity contribution is 6.30. The maximum absolute atomic E-state index is 12.9. The van der Waals surface area contributed by atoms with Crippen molar-refractivity contribution < 1.29 is 23.5 Å². The van der Waals surface area contributed by atoms with Crippen LogP contribution in [0.25, 0.3) is 16.9 Å². The van der Waals surface area contributed by atoms with E-state index in [-0.39, 0.29) is 24.5 Å². The van der Waals surface area contributed by atoms with Crippen LogP contribution in [-0.4, -0.2) is 33.1 Å². The fraction of sp³-hybridized carbons (Fsp3) is 0.143. The molecule has 2 aromatic carbocycles. The van der Waals surface area contributed by atoms with E-state index in [0.717, 1.165) is 11.1 Å². The lowest BCUT2D eigenvalue weighted by Crippen LogP contribution is -2.11. The second-order valence-electron chi connectivity index (χ2n) is 8.34. The highest BCUT2D eigenvalue weighted by Gasteiger charge is 2.18. The number of amides is 1. The quantitative estimate of drug-likeness (QED) is 0.247. The first-order valence-corrected chi connectivity index (χ1v) is 12.2. The normalized spacial score (nSPS) is 10.9. The average Bonchev–Trinajstić information content (AvgIpc) is 3.56. The molecular weight excluding hydrogens is 508 g/mol. The van der Waals surface area contributed by atoms with Crippen LogP contribution in [0.1, 0.15) is 39.2 Å². The molecule has 0 aliphatic heterocycles. The molecule has 0 aliphatic carbocycles. The van der Waals surface area contributed by atoms with E-state index in [1.54, 1.807) is 60.1 Å². The number of fused-ring (bicyclic) bond motifs is 1. The number of aromatic nitrogens is 3. The number of nitrogens with zero attached hydrogens (tertiary/aromatic N) is 3. The second kappa shape index (κ2) is 10.8. The number of halogens is 1. The molecule has 192 valence electrons. The first-order valence-electron chi connectivity index (χ1n) is 11.8. The minimum atomic E-state index is -0.486. The Morgan fingerprint density at radius 2 is 1.97 bits per heavy atom. The number of anilines is 1. The lowest BCUT2D eigenvalue weighted by Gasteiger charge is -2.09. The van der Waals surface area contributed by atoms with Gasteiger partial charge in [0.1, 0.15) is 23.7 Å². The monoisotopic (exact) mass is 530 g/mol. The number of carbonyl (C=O) groups is 2. The third kappa shape index (κ3) is 5.23. The van der Waals surface area contributed by atoms with Gasteiger partial charge in [-0.1, -0.05) is 23.7 Å². The maximum atomic E-state index is 12.9. The van der Waals surface area contributed by atoms with Crippen molar-refractivity contribution in [2.75, 3.05) is 11.9 Å². The number of nitrogens with one attached hydrogen (secondary N) is 1. The fourth-order valence-corrected chi connectivity index (χ4v) is 4.14. The highest BCUT2D eigenvalue weighted by Crippen LogP contribution is 2.26. The summed E-state index contributed by atoms with van der Waals surface area (Å²) in [6, 6.07) is 17.7. The molecule has 0 saturated heterocycles. The molecule has 38 heavy (non-hydrogen) atoms. The number of benzene rings is 2. The molecule has 0 atom stereocenters. The Kier molecular flexibility index (Phi) is 7.10. The zero-order valence-corrected chi connectivity index (χ0v) is 21.4. The van der Waals surface area contributed by atoms with Gasteiger partial charge in [-0.2, -0.15) is 5.10 Å². The molecule has 0 fully saturated rings. The number of aryl methyl sites for hydroxylation is 1. The van der Waals surface area contributed by atoms with Gasteiger partial charge >= 0.3 is 5.97 Å². The smallest absolute Gasteiger partial charge is 0.343 e. The lowest BCUT2D eigenvalue weighted by atomic mass is 10.1. The van der Waals surface area contributed by atoms with Crippen molar-refractivity contribution in [3.8, 4) is 17.0 Å². The topological polar surface area (TPSA) is 108 Å². The van der Waals surface area contributed by atoms with Crippen LogP contribution in [0, 0.1) is 6.92 Å². The number of ether oxygens (including phenoxy) is 2. The molecule has 1 amide bonds. The summed E-state index contributed by atoms with van der Waals surface area (Å²) in [6.45, 7) is 4.06. The van der Waals surface area contributed by atoms with E-state index in [1.807, 2.05) is 25.1 Å². The average molecular weight is 531 g/mol. The van der Waals surface area contributed by atoms with E-state index in [0.29, 0.717) is 33.6 Å². The summed E-state index contributed by atoms with van der Waals surface area (Å²) in [5.41, 5.74) is 3.58. The summed E-state index contributed by atoms with van der Waals surface area (Å²) in [7, 11) is 0. The molecule has 0 unspecified atom stereocenters. The van der Waals surface area contributed by atoms with Gasteiger partial charge in [0.25, 0.3) is 5.91 Å². The minimum absolute atomic E-state index is 0.152. The Labute approximate surface area is 223 Å². The molecule has 5 aromatic rings. The van der Waals surface area contributed by atoms with Crippen LogP contribution in [0.15, 0.2) is 77.5 Å². The van der Waals surface area contributed by atoms with Gasteiger partial charge in [0, 0.05) is 22.5 Å². The first kappa shape index (κ1) is 25.0. The Balaban J connectivity index is 1.30. The summed E-state index contributed by atoms with van der Waals surface area (Å²) in [4.78, 5) is 29.4. The van der Waals surface area contributed by atoms with Crippen LogP contribution >= 0.6 is 11.6 Å². The number of carbonyl (C=O) groups excluding carboxylic acids is 2. The van der Waals surface area contributed by atoms with E-state index < -0.39 is 11.9 Å². The van der Waals surface area contributed by atoms with E-state index in [1.165, 1.54) is 6.20 Å². The van der Waals surface area contributed by atoms with Gasteiger partial charge in [-0.05, 0) is 67.9 Å². The molecule has 0 bridgehead atoms. The SMILES string of the molecule is CCOC(=O)c1cnn2c(-c3cccc(NC(=O)c4ccc(COc5ccc(Cl)cc5C)o4)c3)ccnc12. The van der Waals surface area contributed by atoms with Gasteiger partial charge in [0.2, 0.25) is 0 Å². The van der Waals surface area contributed by atoms with Gasteiger partial charge in [-0.25, -0.2) is 14.3 Å². The van der Waals surface area contributed by atoms with E-state index >= 15 is 0 Å². The zero-order valence-electron chi connectivity index (χ0n) is 20.6. The van der Waals surface area contributed by atoms with Crippen LogP contribution in [0.5, 0.6) is 5.75 Å². The molecule has 5 rings (SSSR count). The number of furan rings is 1. The molecule has 0 aliphatic rings. The van der Waals surface area contributed by atoms with E-state index in [9.17, 15) is 9.59 Å². The standard InChI is InChI=1S/C28H23ClN4O5/c1-3-36-28(35)22-15-31-33-23(11-12-30-26(22)33)18-5-4-6-20(14-18)32-27(34)25-10-8-21(38-25)16-37-24-9-7-19(29)13-17(24)2/h4-15H,3,16H2,1-2H3,(H,32,34). The summed E-state index contributed by atoms with van der Waals surface area (Å²) in [5.74, 6) is 0.456. The molecule has 0 saturated carbocycles. The largest absolute Gasteiger partial charge is 0.485 e. The van der Waals surface area contributed by atoms with E-state index in [4.69, 9.17) is 25.5 Å². The van der Waals surface area contributed by atoms with Crippen LogP contribution in [0.3, 0.4) is 0 Å². The van der Waals surface area contributed by atoms with Crippen LogP contribution in [0.4, 0.5) is 5.69 Å². The molecule has 0 radical (unpaired) electrons. The maximum Gasteiger partial charge on any atom is 0.343 e. The van der Waals surface area contributed by atoms with Gasteiger partial charge in [0.05, 0.1) is 18.5 Å². The molecule has 9 nitrogen and oxygen atoms in total. The van der Waals surface area contributed by atoms with Crippen molar-refractivity contribution in [2.45, 2.75) is 20.5 Å². The zero-order chi connectivity index (χ0) is 26.6. The predicted molar refractivity (Wildman–Crippen MR) is 142 cm³/mol. The Morgan fingerprint density at radius 1 is 1.11 bits per heavy atom. The van der Waals surface area contributed by atoms with Crippen molar-refractivity contribution in [2.24, 2.45) is 0 Å². The molecule has 3 aromatic heterocycles. The predicted octanol–water partition coefficient (Wildman–Crippen LogP) is 5.96. The van der Waals surface area contributed by atoms with Gasteiger partial charge in [-0.3, -0.25) is 4.79 Å². The summed E-state index contributed by atoms with van der Waals surface area (Å²) in [6.07, 6.45) is 3.03. The van der Waals surface area contributed by atoms with Crippen molar-refractivity contribution in [1.82, 2.24) is 14.6 Å². The summed E-state index contributed by atoms with van der Waals surface area (Å²) in [5, 5.41) is 7.81. The molecule has 10 heteroatoms. The number of hydrogen-bond acceptors (Lipinski definition) is 7. The first-order chi connectivity index (χ1) is 18.4. The Hall–Kier alpha value is -4.63. The van der Waals surface area contributed by atoms with E-state index in [2.05, 4.69) is 15.4 Å². The summed E-state index contributed by atoms with van der Waals surface area (Å²) >= 11 is 5.99. The van der Waals surface area contributed by atoms with Crippen LogP contribution in [-0.2, 0) is 11.3 Å². The minimum Gasteiger partial charge on any atom is -0.485 e. The molecule has 0 spiro atoms. The lowest BCUT2D eigenvalue weighted by molar-refractivity contribution is 0.0528. The number of hydrogen-bond donors (Lipinski definition) is 1. The molecular formula is C28H23ClN4O5. The third-order valence-electron chi connectivity index (χ3n) is 5.71. The van der Waals surface area contributed by atoms with Crippen LogP contribution < -0.4 is 10.1 Å². The van der Waals surface area contributed by atoms with Gasteiger partial charge < -0.3 is 19.2 Å². The van der Waals surface area contributed by atoms with Crippen molar-refractivity contribution in [3.63, 3.8) is 0 Å². The van der Waals surface area contributed by atoms with Crippen molar-refractivity contribution >= 4 is 34.8 Å².